The maximum absolute atomic E-state index is 11.7. The number of hydrogen-bond donors (Lipinski definition) is 1. The number of ether oxygens (including phenoxy) is 1. The first-order chi connectivity index (χ1) is 7.19. The number of aliphatic carboxylic acids is 1. The highest BCUT2D eigenvalue weighted by molar-refractivity contribution is 5.79. The highest BCUT2D eigenvalue weighted by Gasteiger charge is 2.28. The summed E-state index contributed by atoms with van der Waals surface area (Å²) in [5, 5.41) is 8.82. The van der Waals surface area contributed by atoms with E-state index in [4.69, 9.17) is 11.2 Å². The van der Waals surface area contributed by atoms with Gasteiger partial charge in [0.25, 0.3) is 0 Å². The lowest BCUT2D eigenvalue weighted by molar-refractivity contribution is -0.142. The van der Waals surface area contributed by atoms with Crippen LogP contribution in [0.1, 0.15) is 36.0 Å². The van der Waals surface area contributed by atoms with Crippen LogP contribution >= 0.6 is 0 Å². The maximum Gasteiger partial charge on any atom is 0.411 e. The second kappa shape index (κ2) is 5.00. The molecule has 0 spiro atoms. The lowest BCUT2D eigenvalue weighted by Gasteiger charge is -2.28. The summed E-state index contributed by atoms with van der Waals surface area (Å²) in [7, 11) is 0. The Hall–Kier alpha value is -1.26. The zero-order valence-electron chi connectivity index (χ0n) is 10.6. The van der Waals surface area contributed by atoms with Gasteiger partial charge in [-0.1, -0.05) is 0 Å². The Kier molecular flexibility index (Phi) is 3.94. The summed E-state index contributed by atoms with van der Waals surface area (Å²) in [6.45, 7) is 6.49. The van der Waals surface area contributed by atoms with E-state index in [9.17, 15) is 9.59 Å². The molecule has 0 bridgehead atoms. The number of carboxylic acid groups (broad SMARTS) is 1. The topological polar surface area (TPSA) is 66.8 Å². The number of rotatable bonds is 3. The van der Waals surface area contributed by atoms with Gasteiger partial charge in [-0.15, -0.1) is 0 Å². The number of carbonyl (C=O) groups excluding carboxylic acids is 1. The van der Waals surface area contributed by atoms with Crippen LogP contribution in [0.4, 0.5) is 4.79 Å². The summed E-state index contributed by atoms with van der Waals surface area (Å²) in [6, 6.07) is -0.986. The Balaban J connectivity index is 4.65. The van der Waals surface area contributed by atoms with E-state index in [2.05, 4.69) is 0 Å². The minimum Gasteiger partial charge on any atom is -0.480 e. The third-order valence-corrected chi connectivity index (χ3v) is 1.69. The predicted octanol–water partition coefficient (Wildman–Crippen LogP) is 1.72. The normalized spacial score (nSPS) is 14.0. The molecule has 88 valence electrons. The SMILES string of the molecule is [2H]CCN(C(=O)OC(C)(C)C)[C@@H](C)C(=O)O. The highest BCUT2D eigenvalue weighted by atomic mass is 16.6. The smallest absolute Gasteiger partial charge is 0.411 e. The molecule has 0 aliphatic heterocycles. The van der Waals surface area contributed by atoms with Gasteiger partial charge in [0.15, 0.2) is 0 Å². The summed E-state index contributed by atoms with van der Waals surface area (Å²) in [6.07, 6.45) is -0.699. The van der Waals surface area contributed by atoms with Gasteiger partial charge in [0.1, 0.15) is 11.6 Å². The van der Waals surface area contributed by atoms with E-state index in [1.165, 1.54) is 6.92 Å². The zero-order valence-corrected chi connectivity index (χ0v) is 9.61. The molecule has 1 atom stereocenters. The van der Waals surface area contributed by atoms with E-state index < -0.39 is 23.7 Å². The third kappa shape index (κ3) is 4.67. The molecule has 0 radical (unpaired) electrons. The molecule has 0 fully saturated rings. The van der Waals surface area contributed by atoms with Gasteiger partial charge in [-0.2, -0.15) is 0 Å². The fraction of sp³-hybridized carbons (Fsp3) is 0.800. The van der Waals surface area contributed by atoms with Crippen LogP contribution in [0.3, 0.4) is 0 Å². The fourth-order valence-corrected chi connectivity index (χ4v) is 0.897. The minimum absolute atomic E-state index is 0.0440. The van der Waals surface area contributed by atoms with E-state index in [-0.39, 0.29) is 13.4 Å². The van der Waals surface area contributed by atoms with Gasteiger partial charge < -0.3 is 9.84 Å². The molecule has 0 unspecified atom stereocenters. The van der Waals surface area contributed by atoms with Crippen LogP contribution in [0.25, 0.3) is 0 Å². The van der Waals surface area contributed by atoms with Crippen LogP contribution in [-0.2, 0) is 9.53 Å². The first-order valence-electron chi connectivity index (χ1n) is 5.41. The lowest BCUT2D eigenvalue weighted by atomic mass is 10.2. The van der Waals surface area contributed by atoms with Crippen LogP contribution in [0.15, 0.2) is 0 Å². The summed E-state index contributed by atoms with van der Waals surface area (Å²) >= 11 is 0. The van der Waals surface area contributed by atoms with Crippen molar-refractivity contribution >= 4 is 12.1 Å². The third-order valence-electron chi connectivity index (χ3n) is 1.69. The van der Waals surface area contributed by atoms with Crippen molar-refractivity contribution in [1.82, 2.24) is 4.90 Å². The molecule has 0 aliphatic rings. The monoisotopic (exact) mass is 218 g/mol. The quantitative estimate of drug-likeness (QED) is 0.783. The number of hydrogen-bond acceptors (Lipinski definition) is 3. The van der Waals surface area contributed by atoms with E-state index in [0.717, 1.165) is 4.90 Å². The molecule has 0 heterocycles. The molecule has 0 aliphatic carbocycles. The fourth-order valence-electron chi connectivity index (χ4n) is 0.897. The van der Waals surface area contributed by atoms with Gasteiger partial charge in [0, 0.05) is 7.92 Å². The van der Waals surface area contributed by atoms with Crippen molar-refractivity contribution in [1.29, 1.82) is 0 Å². The number of carboxylic acids is 1. The molecule has 5 heteroatoms. The van der Waals surface area contributed by atoms with E-state index in [1.807, 2.05) is 0 Å². The lowest BCUT2D eigenvalue weighted by Crippen LogP contribution is -2.45. The van der Waals surface area contributed by atoms with Crippen LogP contribution in [0.5, 0.6) is 0 Å². The summed E-state index contributed by atoms with van der Waals surface area (Å²) in [5.74, 6) is -1.11. The van der Waals surface area contributed by atoms with Crippen molar-refractivity contribution in [3.05, 3.63) is 0 Å². The van der Waals surface area contributed by atoms with Crippen molar-refractivity contribution in [3.63, 3.8) is 0 Å². The molecule has 1 amide bonds. The largest absolute Gasteiger partial charge is 0.480 e. The highest BCUT2D eigenvalue weighted by Crippen LogP contribution is 2.11. The molecule has 0 saturated carbocycles. The second-order valence-corrected chi connectivity index (χ2v) is 4.19. The molecule has 0 rings (SSSR count). The number of amides is 1. The van der Waals surface area contributed by atoms with Gasteiger partial charge in [-0.25, -0.2) is 9.59 Å². The molecule has 0 aromatic heterocycles. The Labute approximate surface area is 91.4 Å². The number of likely N-dealkylation sites (N-methyl/N-ethyl adjacent to an activating group) is 1. The summed E-state index contributed by atoms with van der Waals surface area (Å²) < 4.78 is 12.1. The Morgan fingerprint density at radius 2 is 2.07 bits per heavy atom. The standard InChI is InChI=1S/C10H19NO4/c1-6-11(7(2)8(12)13)9(14)15-10(3,4)5/h7H,6H2,1-5H3,(H,12,13)/t7-/m0/s1/i1D. The molecule has 0 saturated heterocycles. The van der Waals surface area contributed by atoms with Crippen molar-refractivity contribution < 1.29 is 20.8 Å². The Bertz CT molecular complexity index is 262. The first kappa shape index (κ1) is 11.8. The van der Waals surface area contributed by atoms with Crippen LogP contribution in [0, 0.1) is 0 Å². The molecule has 5 nitrogen and oxygen atoms in total. The van der Waals surface area contributed by atoms with Gasteiger partial charge in [-0.3, -0.25) is 4.90 Å². The van der Waals surface area contributed by atoms with Gasteiger partial charge in [0.2, 0.25) is 0 Å². The van der Waals surface area contributed by atoms with Crippen molar-refractivity contribution in [2.45, 2.75) is 46.2 Å². The Morgan fingerprint density at radius 1 is 1.53 bits per heavy atom. The van der Waals surface area contributed by atoms with E-state index in [0.29, 0.717) is 0 Å². The van der Waals surface area contributed by atoms with Crippen LogP contribution in [0.2, 0.25) is 0 Å². The molecule has 0 aromatic carbocycles. The van der Waals surface area contributed by atoms with Crippen molar-refractivity contribution in [3.8, 4) is 0 Å². The van der Waals surface area contributed by atoms with Crippen molar-refractivity contribution in [2.75, 3.05) is 6.54 Å². The molecule has 15 heavy (non-hydrogen) atoms. The molecule has 0 aromatic rings. The second-order valence-electron chi connectivity index (χ2n) is 4.19. The maximum atomic E-state index is 11.7. The van der Waals surface area contributed by atoms with E-state index >= 15 is 0 Å². The van der Waals surface area contributed by atoms with Crippen molar-refractivity contribution in [2.24, 2.45) is 0 Å². The average molecular weight is 218 g/mol. The molecular formula is C10H19NO4. The van der Waals surface area contributed by atoms with E-state index in [1.54, 1.807) is 20.8 Å². The zero-order chi connectivity index (χ0) is 12.9. The summed E-state index contributed by atoms with van der Waals surface area (Å²) in [5.41, 5.74) is -0.671. The number of carbonyl (C=O) groups is 2. The van der Waals surface area contributed by atoms with Crippen LogP contribution in [-0.4, -0.2) is 40.3 Å². The first-order valence-corrected chi connectivity index (χ1v) is 4.70. The van der Waals surface area contributed by atoms with Gasteiger partial charge in [-0.05, 0) is 34.6 Å². The van der Waals surface area contributed by atoms with Gasteiger partial charge >= 0.3 is 12.1 Å². The predicted molar refractivity (Wildman–Crippen MR) is 55.7 cm³/mol. The number of nitrogens with zero attached hydrogens (tertiary/aromatic N) is 1. The molecule has 1 N–H and O–H groups in total. The average Bonchev–Trinajstić information content (AvgIpc) is 2.09. The summed E-state index contributed by atoms with van der Waals surface area (Å²) in [4.78, 5) is 23.5. The van der Waals surface area contributed by atoms with Crippen LogP contribution < -0.4 is 0 Å². The Morgan fingerprint density at radius 3 is 2.40 bits per heavy atom. The minimum atomic E-state index is -1.11. The molecular weight excluding hydrogens is 198 g/mol. The van der Waals surface area contributed by atoms with Gasteiger partial charge in [0.05, 0.1) is 0 Å².